The van der Waals surface area contributed by atoms with Crippen LogP contribution in [0.2, 0.25) is 0 Å². The molecule has 17 heteroatoms. The van der Waals surface area contributed by atoms with Crippen molar-refractivity contribution < 1.29 is 78.9 Å². The highest BCUT2D eigenvalue weighted by molar-refractivity contribution is 5.88. The molecule has 0 amide bonds. The predicted molar refractivity (Wildman–Crippen MR) is 149 cm³/mol. The van der Waals surface area contributed by atoms with Crippen molar-refractivity contribution in [2.45, 2.75) is 68.3 Å². The van der Waals surface area contributed by atoms with E-state index >= 15 is 0 Å². The first-order valence-electron chi connectivity index (χ1n) is 13.9. The summed E-state index contributed by atoms with van der Waals surface area (Å²) in [5.74, 6) is -2.89. The molecule has 0 saturated carbocycles. The molecule has 2 fully saturated rings. The molecule has 5 rings (SSSR count). The van der Waals surface area contributed by atoms with E-state index in [0.29, 0.717) is 0 Å². The lowest BCUT2D eigenvalue weighted by molar-refractivity contribution is -0.353. The molecule has 0 spiro atoms. The van der Waals surface area contributed by atoms with E-state index in [1.807, 2.05) is 0 Å². The minimum Gasteiger partial charge on any atom is -0.508 e. The van der Waals surface area contributed by atoms with Gasteiger partial charge in [0, 0.05) is 24.6 Å². The molecule has 3 heterocycles. The number of carbonyl (C=O) groups is 1. The second kappa shape index (κ2) is 13.4. The highest BCUT2D eigenvalue weighted by atomic mass is 16.7. The van der Waals surface area contributed by atoms with E-state index in [4.69, 9.17) is 28.1 Å². The first-order valence-corrected chi connectivity index (χ1v) is 13.9. The van der Waals surface area contributed by atoms with E-state index in [2.05, 4.69) is 0 Å². The summed E-state index contributed by atoms with van der Waals surface area (Å²) in [6.45, 7) is -0.325. The molecule has 2 saturated heterocycles. The summed E-state index contributed by atoms with van der Waals surface area (Å²) in [7, 11) is 0. The number of hydrogen-bond donors (Lipinski definition) is 9. The molecule has 2 aliphatic heterocycles. The molecular weight excluding hydrogens is 620 g/mol. The highest BCUT2D eigenvalue weighted by Crippen LogP contribution is 2.38. The molecule has 2 aliphatic rings. The fraction of sp³-hybridized carbons (Fsp3) is 0.448. The summed E-state index contributed by atoms with van der Waals surface area (Å²) in [6.07, 6.45) is -17.8. The predicted octanol–water partition coefficient (Wildman–Crippen LogP) is -1.85. The summed E-state index contributed by atoms with van der Waals surface area (Å²) >= 11 is 0. The van der Waals surface area contributed by atoms with Crippen LogP contribution in [0.3, 0.4) is 0 Å². The van der Waals surface area contributed by atoms with Gasteiger partial charge in [-0.1, -0.05) is 0 Å². The minimum absolute atomic E-state index is 0.129. The van der Waals surface area contributed by atoms with Gasteiger partial charge in [-0.05, 0) is 24.3 Å². The van der Waals surface area contributed by atoms with Crippen molar-refractivity contribution in [1.82, 2.24) is 0 Å². The van der Waals surface area contributed by atoms with Gasteiger partial charge in [0.1, 0.15) is 83.7 Å². The van der Waals surface area contributed by atoms with Gasteiger partial charge in [-0.15, -0.1) is 0 Å². The van der Waals surface area contributed by atoms with Crippen LogP contribution in [-0.2, 0) is 23.7 Å². The van der Waals surface area contributed by atoms with E-state index in [1.54, 1.807) is 0 Å². The van der Waals surface area contributed by atoms with Gasteiger partial charge >= 0.3 is 5.97 Å². The number of fused-ring (bicyclic) bond motifs is 1. The molecule has 250 valence electrons. The Morgan fingerprint density at radius 3 is 2.15 bits per heavy atom. The van der Waals surface area contributed by atoms with Crippen LogP contribution in [0.5, 0.6) is 23.0 Å². The van der Waals surface area contributed by atoms with Crippen molar-refractivity contribution >= 4 is 16.9 Å². The van der Waals surface area contributed by atoms with Crippen molar-refractivity contribution in [1.29, 1.82) is 0 Å². The third kappa shape index (κ3) is 6.45. The number of rotatable bonds is 8. The average molecular weight is 653 g/mol. The number of aliphatic hydroxyl groups excluding tert-OH is 6. The number of ether oxygens (including phenoxy) is 5. The monoisotopic (exact) mass is 652 g/mol. The van der Waals surface area contributed by atoms with Gasteiger partial charge in [-0.25, -0.2) is 0 Å². The number of hydrogen-bond acceptors (Lipinski definition) is 17. The van der Waals surface area contributed by atoms with Crippen molar-refractivity contribution in [3.63, 3.8) is 0 Å². The Hall–Kier alpha value is -4.04. The Morgan fingerprint density at radius 1 is 0.826 bits per heavy atom. The number of aromatic hydroxyl groups is 3. The van der Waals surface area contributed by atoms with Crippen LogP contribution in [0.1, 0.15) is 6.92 Å². The standard InChI is InChI=1S/C29H32O17/c1-10(31)41-9-17-19(35)22(38)23(39)28(44-17)45-26-20(36)16(8-30)43-29(24(26)40)46-27-21(37)18-14(34)6-13(33)7-15(18)42-25(27)11-2-4-12(32)5-3-11/h2-7,16-17,19-20,22-24,26,28-30,32-36,38-40H,8-9H2,1H3/t16-,17-,19-,20+,22+,23-,24-,26+,28?,29+/m1/s1. The fourth-order valence-electron chi connectivity index (χ4n) is 5.13. The summed E-state index contributed by atoms with van der Waals surface area (Å²) in [5, 5.41) is 92.9. The van der Waals surface area contributed by atoms with Gasteiger partial charge in [0.15, 0.2) is 12.1 Å². The average Bonchev–Trinajstić information content (AvgIpc) is 3.00. The molecular formula is C29H32O17. The fourth-order valence-corrected chi connectivity index (χ4v) is 5.13. The lowest BCUT2D eigenvalue weighted by Crippen LogP contribution is -2.65. The van der Waals surface area contributed by atoms with Crippen LogP contribution in [0.4, 0.5) is 0 Å². The minimum atomic E-state index is -2.01. The summed E-state index contributed by atoms with van der Waals surface area (Å²) in [5.41, 5.74) is -1.07. The number of carbonyl (C=O) groups excluding carboxylic acids is 1. The van der Waals surface area contributed by atoms with Gasteiger partial charge in [0.25, 0.3) is 0 Å². The van der Waals surface area contributed by atoms with Crippen LogP contribution in [0.25, 0.3) is 22.3 Å². The van der Waals surface area contributed by atoms with Gasteiger partial charge in [-0.2, -0.15) is 0 Å². The van der Waals surface area contributed by atoms with Gasteiger partial charge in [0.2, 0.25) is 17.5 Å². The van der Waals surface area contributed by atoms with E-state index in [9.17, 15) is 55.5 Å². The van der Waals surface area contributed by atoms with E-state index < -0.39 is 109 Å². The van der Waals surface area contributed by atoms with Gasteiger partial charge in [0.05, 0.1) is 6.61 Å². The van der Waals surface area contributed by atoms with E-state index in [0.717, 1.165) is 19.1 Å². The summed E-state index contributed by atoms with van der Waals surface area (Å²) < 4.78 is 33.1. The van der Waals surface area contributed by atoms with E-state index in [-0.39, 0.29) is 22.7 Å². The third-order valence-corrected chi connectivity index (χ3v) is 7.51. The normalized spacial score (nSPS) is 31.5. The molecule has 17 nitrogen and oxygen atoms in total. The van der Waals surface area contributed by atoms with Crippen LogP contribution in [0.15, 0.2) is 45.6 Å². The van der Waals surface area contributed by atoms with Crippen LogP contribution in [0, 0.1) is 0 Å². The van der Waals surface area contributed by atoms with Crippen molar-refractivity contribution in [3.8, 4) is 34.3 Å². The quantitative estimate of drug-likeness (QED) is 0.121. The topological polar surface area (TPSA) is 275 Å². The maximum Gasteiger partial charge on any atom is 0.302 e. The van der Waals surface area contributed by atoms with E-state index in [1.165, 1.54) is 24.3 Å². The zero-order chi connectivity index (χ0) is 33.4. The summed E-state index contributed by atoms with van der Waals surface area (Å²) in [4.78, 5) is 24.9. The third-order valence-electron chi connectivity index (χ3n) is 7.51. The molecule has 3 aromatic rings. The number of aliphatic hydroxyl groups is 6. The Kier molecular flexibility index (Phi) is 9.68. The van der Waals surface area contributed by atoms with Crippen molar-refractivity contribution in [3.05, 3.63) is 46.6 Å². The Labute approximate surface area is 258 Å². The molecule has 0 radical (unpaired) electrons. The lowest BCUT2D eigenvalue weighted by atomic mass is 9.97. The Balaban J connectivity index is 1.50. The number of benzene rings is 2. The van der Waals surface area contributed by atoms with Crippen LogP contribution >= 0.6 is 0 Å². The smallest absolute Gasteiger partial charge is 0.302 e. The SMILES string of the molecule is CC(=O)OC[C@H]1OC(O[C@H]2[C@@H](O)[C@@H](CO)O[C@@H](Oc3c(-c4ccc(O)cc4)oc4cc(O)cc(O)c4c3=O)[C@@H]2O)[C@H](O)[C@@H](O)[C@@H]1O. The second-order valence-electron chi connectivity index (χ2n) is 10.7. The molecule has 9 N–H and O–H groups in total. The molecule has 0 bridgehead atoms. The van der Waals surface area contributed by atoms with Crippen LogP contribution < -0.4 is 10.2 Å². The first-order chi connectivity index (χ1) is 21.8. The van der Waals surface area contributed by atoms with Gasteiger partial charge < -0.3 is 74.1 Å². The molecule has 46 heavy (non-hydrogen) atoms. The summed E-state index contributed by atoms with van der Waals surface area (Å²) in [6, 6.07) is 7.19. The molecule has 1 aromatic heterocycles. The maximum absolute atomic E-state index is 13.7. The Bertz CT molecular complexity index is 1610. The lowest BCUT2D eigenvalue weighted by Gasteiger charge is -2.45. The second-order valence-corrected chi connectivity index (χ2v) is 10.7. The molecule has 1 unspecified atom stereocenters. The van der Waals surface area contributed by atoms with Crippen molar-refractivity contribution in [2.24, 2.45) is 0 Å². The zero-order valence-electron chi connectivity index (χ0n) is 23.9. The Morgan fingerprint density at radius 2 is 1.50 bits per heavy atom. The molecule has 2 aromatic carbocycles. The molecule has 10 atom stereocenters. The largest absolute Gasteiger partial charge is 0.508 e. The highest BCUT2D eigenvalue weighted by Gasteiger charge is 2.51. The number of phenolic OH excluding ortho intramolecular Hbond substituents is 3. The molecule has 0 aliphatic carbocycles. The maximum atomic E-state index is 13.7. The van der Waals surface area contributed by atoms with Crippen molar-refractivity contribution in [2.75, 3.05) is 13.2 Å². The number of esters is 1. The van der Waals surface area contributed by atoms with Crippen LogP contribution in [-0.4, -0.2) is 127 Å². The zero-order valence-corrected chi connectivity index (χ0v) is 23.9. The first kappa shape index (κ1) is 33.3. The number of phenols is 3. The van der Waals surface area contributed by atoms with Gasteiger partial charge in [-0.3, -0.25) is 9.59 Å².